The van der Waals surface area contributed by atoms with Crippen molar-refractivity contribution in [1.29, 1.82) is 0 Å². The van der Waals surface area contributed by atoms with Crippen LogP contribution in [0, 0.1) is 18.8 Å². The summed E-state index contributed by atoms with van der Waals surface area (Å²) in [6.07, 6.45) is -4.23. The van der Waals surface area contributed by atoms with Gasteiger partial charge >= 0.3 is 6.18 Å². The van der Waals surface area contributed by atoms with Crippen LogP contribution in [0.2, 0.25) is 0 Å². The van der Waals surface area contributed by atoms with Crippen molar-refractivity contribution < 1.29 is 22.8 Å². The lowest BCUT2D eigenvalue weighted by molar-refractivity contribution is -0.137. The van der Waals surface area contributed by atoms with E-state index in [9.17, 15) is 22.8 Å². The van der Waals surface area contributed by atoms with Crippen LogP contribution in [0.5, 0.6) is 0 Å². The molecule has 0 saturated heterocycles. The Balaban J connectivity index is 1.70. The summed E-state index contributed by atoms with van der Waals surface area (Å²) in [6.45, 7) is 4.22. The summed E-state index contributed by atoms with van der Waals surface area (Å²) in [5, 5.41) is 2.34. The highest BCUT2D eigenvalue weighted by atomic mass is 19.4. The maximum atomic E-state index is 13.1. The molecule has 0 heterocycles. The Morgan fingerprint density at radius 1 is 1.11 bits per heavy atom. The molecule has 1 saturated carbocycles. The zero-order valence-electron chi connectivity index (χ0n) is 15.6. The molecule has 4 nitrogen and oxygen atoms in total. The van der Waals surface area contributed by atoms with Gasteiger partial charge in [0.1, 0.15) is 0 Å². The second-order valence-corrected chi connectivity index (χ2v) is 6.90. The van der Waals surface area contributed by atoms with E-state index in [1.807, 2.05) is 38.1 Å². The summed E-state index contributed by atoms with van der Waals surface area (Å²) < 4.78 is 39.2. The molecule has 28 heavy (non-hydrogen) atoms. The minimum absolute atomic E-state index is 0.183. The molecule has 2 aromatic rings. The molecule has 7 heteroatoms. The van der Waals surface area contributed by atoms with Gasteiger partial charge in [-0.3, -0.25) is 9.59 Å². The lowest BCUT2D eigenvalue weighted by Gasteiger charge is -2.21. The highest BCUT2D eigenvalue weighted by Gasteiger charge is 2.50. The van der Waals surface area contributed by atoms with E-state index in [-0.39, 0.29) is 11.6 Å². The van der Waals surface area contributed by atoms with E-state index in [1.165, 1.54) is 18.2 Å². The number of hydrogen-bond acceptors (Lipinski definition) is 2. The topological polar surface area (TPSA) is 49.4 Å². The number of aryl methyl sites for hydroxylation is 1. The lowest BCUT2D eigenvalue weighted by atomic mass is 10.1. The third-order valence-electron chi connectivity index (χ3n) is 4.83. The number of carbonyl (C=O) groups excluding carboxylic acids is 2. The number of rotatable bonds is 5. The van der Waals surface area contributed by atoms with E-state index in [1.54, 1.807) is 4.90 Å². The highest BCUT2D eigenvalue weighted by Crippen LogP contribution is 2.42. The van der Waals surface area contributed by atoms with Gasteiger partial charge in [0, 0.05) is 12.2 Å². The summed E-state index contributed by atoms with van der Waals surface area (Å²) in [5.41, 5.74) is 0.574. The van der Waals surface area contributed by atoms with Crippen molar-refractivity contribution in [3.63, 3.8) is 0 Å². The third kappa shape index (κ3) is 4.18. The molecule has 1 fully saturated rings. The van der Waals surface area contributed by atoms with Gasteiger partial charge < -0.3 is 10.2 Å². The van der Waals surface area contributed by atoms with Crippen LogP contribution < -0.4 is 10.2 Å². The maximum Gasteiger partial charge on any atom is 0.418 e. The summed E-state index contributed by atoms with van der Waals surface area (Å²) in [4.78, 5) is 26.8. The molecule has 3 rings (SSSR count). The molecule has 1 aliphatic rings. The van der Waals surface area contributed by atoms with Gasteiger partial charge in [0.15, 0.2) is 0 Å². The fraction of sp³-hybridized carbons (Fsp3) is 0.333. The molecule has 0 radical (unpaired) electrons. The van der Waals surface area contributed by atoms with Crippen molar-refractivity contribution in [2.24, 2.45) is 11.8 Å². The van der Waals surface area contributed by atoms with Crippen molar-refractivity contribution in [3.05, 3.63) is 59.7 Å². The number of nitrogens with one attached hydrogen (secondary N) is 1. The lowest BCUT2D eigenvalue weighted by Crippen LogP contribution is -2.33. The predicted molar refractivity (Wildman–Crippen MR) is 101 cm³/mol. The first-order chi connectivity index (χ1) is 13.2. The van der Waals surface area contributed by atoms with Crippen molar-refractivity contribution in [2.75, 3.05) is 16.8 Å². The normalized spacial score (nSPS) is 18.5. The molecular formula is C21H21F3N2O2. The van der Waals surface area contributed by atoms with E-state index in [0.29, 0.717) is 13.0 Å². The Labute approximate surface area is 161 Å². The summed E-state index contributed by atoms with van der Waals surface area (Å²) in [6, 6.07) is 12.3. The minimum atomic E-state index is -4.56. The monoisotopic (exact) mass is 390 g/mol. The predicted octanol–water partition coefficient (Wildman–Crippen LogP) is 4.64. The molecule has 148 valence electrons. The number of benzene rings is 2. The quantitative estimate of drug-likeness (QED) is 0.809. The van der Waals surface area contributed by atoms with Crippen LogP contribution in [0.3, 0.4) is 0 Å². The molecule has 0 aromatic heterocycles. The van der Waals surface area contributed by atoms with E-state index in [2.05, 4.69) is 5.32 Å². The maximum absolute atomic E-state index is 13.1. The van der Waals surface area contributed by atoms with Gasteiger partial charge in [0.05, 0.1) is 23.1 Å². The van der Waals surface area contributed by atoms with Gasteiger partial charge in [0.2, 0.25) is 11.8 Å². The van der Waals surface area contributed by atoms with Crippen LogP contribution in [0.1, 0.15) is 24.5 Å². The molecule has 1 aliphatic carbocycles. The van der Waals surface area contributed by atoms with Crippen LogP contribution in [0.15, 0.2) is 48.5 Å². The summed E-state index contributed by atoms with van der Waals surface area (Å²) in [5.74, 6) is -1.88. The van der Waals surface area contributed by atoms with Crippen molar-refractivity contribution in [2.45, 2.75) is 26.4 Å². The van der Waals surface area contributed by atoms with Gasteiger partial charge in [-0.15, -0.1) is 0 Å². The number of amides is 2. The Kier molecular flexibility index (Phi) is 5.45. The highest BCUT2D eigenvalue weighted by molar-refractivity contribution is 6.04. The average molecular weight is 390 g/mol. The van der Waals surface area contributed by atoms with Gasteiger partial charge in [-0.1, -0.05) is 24.3 Å². The molecule has 0 spiro atoms. The van der Waals surface area contributed by atoms with Crippen molar-refractivity contribution in [1.82, 2.24) is 0 Å². The minimum Gasteiger partial charge on any atom is -0.325 e. The van der Waals surface area contributed by atoms with Crippen LogP contribution in [0.25, 0.3) is 0 Å². The third-order valence-corrected chi connectivity index (χ3v) is 4.83. The molecule has 0 aliphatic heterocycles. The summed E-state index contributed by atoms with van der Waals surface area (Å²) >= 11 is 0. The number of nitrogens with zero attached hydrogens (tertiary/aromatic N) is 1. The van der Waals surface area contributed by atoms with E-state index in [4.69, 9.17) is 0 Å². The first-order valence-electron chi connectivity index (χ1n) is 9.07. The van der Waals surface area contributed by atoms with Gasteiger partial charge in [-0.05, 0) is 50.1 Å². The fourth-order valence-corrected chi connectivity index (χ4v) is 3.28. The van der Waals surface area contributed by atoms with E-state index >= 15 is 0 Å². The number of para-hydroxylation sites is 1. The van der Waals surface area contributed by atoms with Crippen LogP contribution in [-0.2, 0) is 15.8 Å². The smallest absolute Gasteiger partial charge is 0.325 e. The van der Waals surface area contributed by atoms with Gasteiger partial charge in [-0.25, -0.2) is 0 Å². The Bertz CT molecular complexity index is 895. The average Bonchev–Trinajstić information content (AvgIpc) is 3.43. The van der Waals surface area contributed by atoms with Crippen LogP contribution in [0.4, 0.5) is 24.5 Å². The second-order valence-electron chi connectivity index (χ2n) is 6.90. The Hall–Kier alpha value is -2.83. The van der Waals surface area contributed by atoms with Gasteiger partial charge in [0.25, 0.3) is 0 Å². The Morgan fingerprint density at radius 2 is 1.82 bits per heavy atom. The molecule has 0 bridgehead atoms. The van der Waals surface area contributed by atoms with Crippen molar-refractivity contribution >= 4 is 23.2 Å². The Morgan fingerprint density at radius 3 is 2.46 bits per heavy atom. The molecule has 2 atom stereocenters. The first-order valence-corrected chi connectivity index (χ1v) is 9.07. The fourth-order valence-electron chi connectivity index (χ4n) is 3.28. The van der Waals surface area contributed by atoms with Crippen molar-refractivity contribution in [3.8, 4) is 0 Å². The first kappa shape index (κ1) is 19.9. The SMILES string of the molecule is CCN(C(=O)C1CC1C(=O)Nc1ccccc1C(F)(F)F)c1cccc(C)c1. The van der Waals surface area contributed by atoms with E-state index in [0.717, 1.165) is 17.3 Å². The number of carbonyl (C=O) groups is 2. The summed E-state index contributed by atoms with van der Waals surface area (Å²) in [7, 11) is 0. The molecule has 1 N–H and O–H groups in total. The number of hydrogen-bond donors (Lipinski definition) is 1. The molecule has 2 amide bonds. The van der Waals surface area contributed by atoms with Gasteiger partial charge in [-0.2, -0.15) is 13.2 Å². The standard InChI is InChI=1S/C21H21F3N2O2/c1-3-26(14-8-6-7-13(2)11-14)20(28)16-12-15(16)19(27)25-18-10-5-4-9-17(18)21(22,23)24/h4-11,15-16H,3,12H2,1-2H3,(H,25,27). The largest absolute Gasteiger partial charge is 0.418 e. The zero-order valence-corrected chi connectivity index (χ0v) is 15.6. The molecule has 2 unspecified atom stereocenters. The van der Waals surface area contributed by atoms with Crippen LogP contribution >= 0.6 is 0 Å². The zero-order chi connectivity index (χ0) is 20.5. The molecular weight excluding hydrogens is 369 g/mol. The van der Waals surface area contributed by atoms with E-state index < -0.39 is 29.5 Å². The number of alkyl halides is 3. The molecule has 2 aromatic carbocycles. The second kappa shape index (κ2) is 7.66. The number of anilines is 2. The number of halogens is 3. The van der Waals surface area contributed by atoms with Crippen LogP contribution in [-0.4, -0.2) is 18.4 Å².